The van der Waals surface area contributed by atoms with Crippen molar-refractivity contribution in [2.75, 3.05) is 0 Å². The third kappa shape index (κ3) is 1.44. The van der Waals surface area contributed by atoms with Crippen molar-refractivity contribution in [2.45, 2.75) is 0 Å². The number of nitrogens with zero attached hydrogens (tertiary/aromatic N) is 2. The van der Waals surface area contributed by atoms with Crippen LogP contribution in [0.5, 0.6) is 0 Å². The molecule has 1 heterocycles. The predicted molar refractivity (Wildman–Crippen MR) is 69.9 cm³/mol. The minimum absolute atomic E-state index is 0.0363. The maximum Gasteiger partial charge on any atom is 0.270 e. The number of nitrogens with one attached hydrogen (secondary N) is 1. The van der Waals surface area contributed by atoms with Gasteiger partial charge in [0.1, 0.15) is 11.4 Å². The van der Waals surface area contributed by atoms with E-state index in [9.17, 15) is 4.79 Å². The Bertz CT molecular complexity index is 787. The van der Waals surface area contributed by atoms with E-state index >= 15 is 0 Å². The number of hydrogen-bond acceptors (Lipinski definition) is 4. The molecule has 1 aliphatic carbocycles. The fourth-order valence-corrected chi connectivity index (χ4v) is 2.11. The molecule has 0 fully saturated rings. The zero-order valence-electron chi connectivity index (χ0n) is 9.77. The van der Waals surface area contributed by atoms with Gasteiger partial charge in [0, 0.05) is 11.1 Å². The average molecular weight is 248 g/mol. The van der Waals surface area contributed by atoms with Gasteiger partial charge in [0.25, 0.3) is 5.91 Å². The van der Waals surface area contributed by atoms with Crippen molar-refractivity contribution in [1.82, 2.24) is 9.97 Å². The highest BCUT2D eigenvalue weighted by Crippen LogP contribution is 2.34. The summed E-state index contributed by atoms with van der Waals surface area (Å²) in [5.41, 5.74) is 7.90. The van der Waals surface area contributed by atoms with Crippen molar-refractivity contribution in [3.63, 3.8) is 0 Å². The van der Waals surface area contributed by atoms with Crippen LogP contribution in [0.4, 0.5) is 0 Å². The van der Waals surface area contributed by atoms with E-state index in [0.29, 0.717) is 11.4 Å². The molecular formula is C14H8N4O. The molecule has 0 spiro atoms. The minimum Gasteiger partial charge on any atom is -0.364 e. The van der Waals surface area contributed by atoms with Crippen LogP contribution in [0.2, 0.25) is 0 Å². The number of carbonyl (C=O) groups excluding carboxylic acids is 1. The predicted octanol–water partition coefficient (Wildman–Crippen LogP) is 0.953. The van der Waals surface area contributed by atoms with E-state index in [1.165, 1.54) is 0 Å². The van der Waals surface area contributed by atoms with Gasteiger partial charge in [0.2, 0.25) is 0 Å². The monoisotopic (exact) mass is 248 g/mol. The Morgan fingerprint density at radius 3 is 2.53 bits per heavy atom. The first-order chi connectivity index (χ1) is 9.13. The van der Waals surface area contributed by atoms with E-state index < -0.39 is 5.91 Å². The maximum atomic E-state index is 11.3. The van der Waals surface area contributed by atoms with E-state index in [0.717, 1.165) is 11.1 Å². The average Bonchev–Trinajstić information content (AvgIpc) is 2.71. The van der Waals surface area contributed by atoms with E-state index in [4.69, 9.17) is 17.6 Å². The summed E-state index contributed by atoms with van der Waals surface area (Å²) >= 11 is 0. The number of terminal acetylenes is 1. The summed E-state index contributed by atoms with van der Waals surface area (Å²) in [4.78, 5) is 19.7. The molecule has 2 aromatic rings. The van der Waals surface area contributed by atoms with Crippen molar-refractivity contribution in [2.24, 2.45) is 5.73 Å². The van der Waals surface area contributed by atoms with Crippen molar-refractivity contribution >= 4 is 11.6 Å². The molecule has 0 bridgehead atoms. The molecule has 5 heteroatoms. The fraction of sp³-hybridized carbons (Fsp3) is 0. The molecule has 0 unspecified atom stereocenters. The van der Waals surface area contributed by atoms with E-state index in [1.54, 1.807) is 6.07 Å². The first-order valence-corrected chi connectivity index (χ1v) is 5.50. The Balaban J connectivity index is 2.37. The fourth-order valence-electron chi connectivity index (χ4n) is 2.11. The van der Waals surface area contributed by atoms with E-state index in [1.807, 2.05) is 18.2 Å². The lowest BCUT2D eigenvalue weighted by molar-refractivity contribution is 0.0995. The van der Waals surface area contributed by atoms with Crippen LogP contribution in [0.3, 0.4) is 0 Å². The lowest BCUT2D eigenvalue weighted by atomic mass is 10.1. The number of nitrogens with two attached hydrogens (primary N) is 1. The zero-order chi connectivity index (χ0) is 13.6. The van der Waals surface area contributed by atoms with Crippen LogP contribution in [0.15, 0.2) is 24.3 Å². The zero-order valence-corrected chi connectivity index (χ0v) is 9.77. The molecule has 0 aliphatic heterocycles. The van der Waals surface area contributed by atoms with Gasteiger partial charge in [-0.3, -0.25) is 10.2 Å². The quantitative estimate of drug-likeness (QED) is 0.628. The number of hydrogen-bond donors (Lipinski definition) is 2. The molecule has 0 saturated heterocycles. The van der Waals surface area contributed by atoms with Gasteiger partial charge < -0.3 is 5.73 Å². The van der Waals surface area contributed by atoms with Crippen LogP contribution in [0, 0.1) is 17.8 Å². The summed E-state index contributed by atoms with van der Waals surface area (Å²) in [5.74, 6) is 1.56. The van der Waals surface area contributed by atoms with Gasteiger partial charge in [-0.2, -0.15) is 0 Å². The van der Waals surface area contributed by atoms with Gasteiger partial charge >= 0.3 is 0 Å². The summed E-state index contributed by atoms with van der Waals surface area (Å²) in [6.07, 6.45) is 5.30. The topological polar surface area (TPSA) is 92.7 Å². The lowest BCUT2D eigenvalue weighted by Crippen LogP contribution is -2.17. The second-order valence-corrected chi connectivity index (χ2v) is 4.05. The van der Waals surface area contributed by atoms with Crippen LogP contribution in [-0.2, 0) is 0 Å². The second-order valence-electron chi connectivity index (χ2n) is 4.05. The smallest absolute Gasteiger partial charge is 0.270 e. The first kappa shape index (κ1) is 11.1. The highest BCUT2D eigenvalue weighted by atomic mass is 16.1. The summed E-state index contributed by atoms with van der Waals surface area (Å²) in [6.45, 7) is 0. The molecule has 3 rings (SSSR count). The van der Waals surface area contributed by atoms with Crippen LogP contribution >= 0.6 is 0 Å². The Kier molecular flexibility index (Phi) is 2.19. The number of primary amides is 1. The summed E-state index contributed by atoms with van der Waals surface area (Å²) in [6, 6.07) is 7.30. The van der Waals surface area contributed by atoms with Crippen LogP contribution in [0.25, 0.3) is 11.3 Å². The molecule has 5 nitrogen and oxygen atoms in total. The molecule has 1 aromatic heterocycles. The minimum atomic E-state index is -0.723. The summed E-state index contributed by atoms with van der Waals surface area (Å²) in [7, 11) is 0. The largest absolute Gasteiger partial charge is 0.364 e. The highest BCUT2D eigenvalue weighted by molar-refractivity contribution is 6.21. The molecule has 1 amide bonds. The van der Waals surface area contributed by atoms with Gasteiger partial charge in [0.05, 0.1) is 11.4 Å². The molecular weight excluding hydrogens is 240 g/mol. The number of amides is 1. The molecule has 90 valence electrons. The maximum absolute atomic E-state index is 11.3. The number of carbonyl (C=O) groups is 1. The molecule has 19 heavy (non-hydrogen) atoms. The molecule has 3 N–H and O–H groups in total. The summed E-state index contributed by atoms with van der Waals surface area (Å²) in [5, 5.41) is 8.07. The number of fused-ring (bicyclic) bond motifs is 3. The van der Waals surface area contributed by atoms with Crippen LogP contribution in [0.1, 0.15) is 27.4 Å². The Morgan fingerprint density at radius 1 is 1.21 bits per heavy atom. The Hall–Kier alpha value is -3.00. The standard InChI is InChI=1S/C14H8N4O/c1-2-9-12(14(16)19)18-11-8-6-4-3-5-7(8)10(15)13(11)17-9/h1,3-6,15H,(H2,16,19). The third-order valence-electron chi connectivity index (χ3n) is 2.95. The normalized spacial score (nSPS) is 11.6. The number of rotatable bonds is 1. The highest BCUT2D eigenvalue weighted by Gasteiger charge is 2.28. The molecule has 1 aliphatic rings. The number of benzene rings is 1. The van der Waals surface area contributed by atoms with Gasteiger partial charge in [-0.15, -0.1) is 6.42 Å². The van der Waals surface area contributed by atoms with Crippen molar-refractivity contribution in [1.29, 1.82) is 5.41 Å². The third-order valence-corrected chi connectivity index (χ3v) is 2.95. The molecule has 0 atom stereocenters. The Labute approximate surface area is 109 Å². The van der Waals surface area contributed by atoms with Gasteiger partial charge in [-0.1, -0.05) is 24.3 Å². The second kappa shape index (κ2) is 3.75. The SMILES string of the molecule is C#Cc1nc2c(nc1C(N)=O)-c1ccccc1C2=N. The van der Waals surface area contributed by atoms with Gasteiger partial charge in [-0.25, -0.2) is 9.97 Å². The van der Waals surface area contributed by atoms with Crippen molar-refractivity contribution in [3.8, 4) is 23.6 Å². The van der Waals surface area contributed by atoms with Crippen molar-refractivity contribution < 1.29 is 4.79 Å². The van der Waals surface area contributed by atoms with Crippen LogP contribution in [-0.4, -0.2) is 21.6 Å². The van der Waals surface area contributed by atoms with Crippen LogP contribution < -0.4 is 5.73 Å². The molecule has 0 radical (unpaired) electrons. The molecule has 1 aromatic carbocycles. The van der Waals surface area contributed by atoms with E-state index in [2.05, 4.69) is 15.9 Å². The van der Waals surface area contributed by atoms with Gasteiger partial charge in [-0.05, 0) is 5.92 Å². The first-order valence-electron chi connectivity index (χ1n) is 5.50. The summed E-state index contributed by atoms with van der Waals surface area (Å²) < 4.78 is 0. The van der Waals surface area contributed by atoms with Gasteiger partial charge in [0.15, 0.2) is 5.69 Å². The number of aromatic nitrogens is 2. The van der Waals surface area contributed by atoms with E-state index in [-0.39, 0.29) is 17.1 Å². The molecule has 0 saturated carbocycles. The Morgan fingerprint density at radius 2 is 1.89 bits per heavy atom. The van der Waals surface area contributed by atoms with Crippen molar-refractivity contribution in [3.05, 3.63) is 46.9 Å². The lowest BCUT2D eigenvalue weighted by Gasteiger charge is -2.03.